The monoisotopic (exact) mass is 450 g/mol. The smallest absolute Gasteiger partial charge is 0.269 e. The van der Waals surface area contributed by atoms with Crippen LogP contribution in [0.4, 0.5) is 5.69 Å². The van der Waals surface area contributed by atoms with Gasteiger partial charge in [-0.15, -0.1) is 10.2 Å². The Balaban J connectivity index is 1.85. The summed E-state index contributed by atoms with van der Waals surface area (Å²) in [5.41, 5.74) is 2.01. The number of amides is 1. The molecule has 7 nitrogen and oxygen atoms in total. The molecule has 176 valence electrons. The normalized spacial score (nSPS) is 12.0. The van der Waals surface area contributed by atoms with Crippen molar-refractivity contribution in [3.63, 3.8) is 0 Å². The standard InChI is InChI=1S/C26H34N4O3/c1-18(2)15-29(16-19(3)4)17-30-23-9-7-6-8-22(23)25(26(30)32)28-27-24(31)14-20-10-12-21(33-5)13-11-20/h6-13,18-19,32H,14-17H2,1-5H3. The Bertz CT molecular complexity index is 1090. The van der Waals surface area contributed by atoms with Gasteiger partial charge in [0, 0.05) is 18.5 Å². The highest BCUT2D eigenvalue weighted by Crippen LogP contribution is 2.39. The molecule has 0 spiro atoms. The van der Waals surface area contributed by atoms with Crippen molar-refractivity contribution in [2.45, 2.75) is 40.8 Å². The van der Waals surface area contributed by atoms with Crippen LogP contribution in [-0.4, -0.2) is 40.7 Å². The number of aromatic nitrogens is 1. The van der Waals surface area contributed by atoms with Gasteiger partial charge < -0.3 is 9.84 Å². The molecule has 0 unspecified atom stereocenters. The van der Waals surface area contributed by atoms with E-state index >= 15 is 0 Å². The lowest BCUT2D eigenvalue weighted by atomic mass is 10.1. The molecule has 3 rings (SSSR count). The van der Waals surface area contributed by atoms with Crippen molar-refractivity contribution in [1.82, 2.24) is 9.47 Å². The third kappa shape index (κ3) is 6.42. The Labute approximate surface area is 195 Å². The van der Waals surface area contributed by atoms with Crippen molar-refractivity contribution >= 4 is 22.5 Å². The Morgan fingerprint density at radius 1 is 1.03 bits per heavy atom. The molecule has 1 aromatic heterocycles. The zero-order valence-corrected chi connectivity index (χ0v) is 20.2. The number of carbonyl (C=O) groups excluding carboxylic acids is 1. The Morgan fingerprint density at radius 3 is 2.27 bits per heavy atom. The molecule has 1 N–H and O–H groups in total. The zero-order chi connectivity index (χ0) is 24.0. The number of hydrogen-bond acceptors (Lipinski definition) is 5. The van der Waals surface area contributed by atoms with Crippen LogP contribution < -0.4 is 4.74 Å². The predicted molar refractivity (Wildman–Crippen MR) is 131 cm³/mol. The number of benzene rings is 2. The van der Waals surface area contributed by atoms with Crippen molar-refractivity contribution in [1.29, 1.82) is 0 Å². The second-order valence-electron chi connectivity index (χ2n) is 9.20. The first-order valence-corrected chi connectivity index (χ1v) is 11.4. The number of aromatic hydroxyl groups is 1. The summed E-state index contributed by atoms with van der Waals surface area (Å²) in [6.07, 6.45) is 0.128. The maximum Gasteiger partial charge on any atom is 0.269 e. The minimum Gasteiger partial charge on any atom is -0.497 e. The van der Waals surface area contributed by atoms with Crippen molar-refractivity contribution < 1.29 is 14.6 Å². The lowest BCUT2D eigenvalue weighted by molar-refractivity contribution is -0.117. The van der Waals surface area contributed by atoms with Crippen LogP contribution in [0.5, 0.6) is 11.6 Å². The number of nitrogens with zero attached hydrogens (tertiary/aromatic N) is 4. The van der Waals surface area contributed by atoms with Crippen molar-refractivity contribution in [2.75, 3.05) is 20.2 Å². The number of carbonyl (C=O) groups is 1. The minimum atomic E-state index is -0.377. The number of ether oxygens (including phenoxy) is 1. The molecule has 7 heteroatoms. The molecule has 0 radical (unpaired) electrons. The largest absolute Gasteiger partial charge is 0.497 e. The molecular formula is C26H34N4O3. The van der Waals surface area contributed by atoms with Crippen LogP contribution in [0, 0.1) is 11.8 Å². The van der Waals surface area contributed by atoms with E-state index in [1.54, 1.807) is 19.2 Å². The quantitative estimate of drug-likeness (QED) is 0.397. The highest BCUT2D eigenvalue weighted by atomic mass is 16.5. The fourth-order valence-corrected chi connectivity index (χ4v) is 4.00. The SMILES string of the molecule is COc1ccc(CC(=O)N=Nc2c(O)n(CN(CC(C)C)CC(C)C)c3ccccc23)cc1. The Morgan fingerprint density at radius 2 is 1.67 bits per heavy atom. The number of hydrogen-bond donors (Lipinski definition) is 1. The minimum absolute atomic E-state index is 0.0229. The molecule has 0 atom stereocenters. The van der Waals surface area contributed by atoms with Gasteiger partial charge >= 0.3 is 0 Å². The summed E-state index contributed by atoms with van der Waals surface area (Å²) in [5.74, 6) is 1.38. The number of azo groups is 1. The van der Waals surface area contributed by atoms with Gasteiger partial charge in [-0.3, -0.25) is 14.3 Å². The summed E-state index contributed by atoms with van der Waals surface area (Å²) in [6.45, 7) is 11.1. The summed E-state index contributed by atoms with van der Waals surface area (Å²) in [5, 5.41) is 19.9. The first-order chi connectivity index (χ1) is 15.8. The van der Waals surface area contributed by atoms with Gasteiger partial charge in [-0.05, 0) is 35.6 Å². The van der Waals surface area contributed by atoms with E-state index in [-0.39, 0.29) is 18.2 Å². The number of fused-ring (bicyclic) bond motifs is 1. The summed E-state index contributed by atoms with van der Waals surface area (Å²) in [6, 6.07) is 14.9. The summed E-state index contributed by atoms with van der Waals surface area (Å²) in [7, 11) is 1.60. The zero-order valence-electron chi connectivity index (χ0n) is 20.2. The van der Waals surface area contributed by atoms with Crippen LogP contribution in [0.15, 0.2) is 58.8 Å². The van der Waals surface area contributed by atoms with E-state index in [1.165, 1.54) is 0 Å². The molecule has 2 aromatic carbocycles. The van der Waals surface area contributed by atoms with Crippen LogP contribution in [0.25, 0.3) is 10.9 Å². The Kier molecular flexibility index (Phi) is 8.22. The second-order valence-corrected chi connectivity index (χ2v) is 9.20. The molecular weight excluding hydrogens is 416 g/mol. The first-order valence-electron chi connectivity index (χ1n) is 11.4. The van der Waals surface area contributed by atoms with Crippen LogP contribution >= 0.6 is 0 Å². The van der Waals surface area contributed by atoms with Gasteiger partial charge in [0.05, 0.1) is 25.7 Å². The fraction of sp³-hybridized carbons (Fsp3) is 0.423. The third-order valence-corrected chi connectivity index (χ3v) is 5.28. The topological polar surface area (TPSA) is 79.4 Å². The summed E-state index contributed by atoms with van der Waals surface area (Å²) in [4.78, 5) is 14.8. The maximum absolute atomic E-state index is 12.4. The van der Waals surface area contributed by atoms with Gasteiger partial charge in [0.2, 0.25) is 5.88 Å². The highest BCUT2D eigenvalue weighted by molar-refractivity contribution is 5.95. The summed E-state index contributed by atoms with van der Waals surface area (Å²) >= 11 is 0. The van der Waals surface area contributed by atoms with E-state index < -0.39 is 0 Å². The van der Waals surface area contributed by atoms with Crippen LogP contribution in [0.3, 0.4) is 0 Å². The van der Waals surface area contributed by atoms with E-state index in [4.69, 9.17) is 4.74 Å². The lowest BCUT2D eigenvalue weighted by Crippen LogP contribution is -2.33. The van der Waals surface area contributed by atoms with Crippen molar-refractivity contribution in [3.8, 4) is 11.6 Å². The van der Waals surface area contributed by atoms with Gasteiger partial charge in [0.15, 0.2) is 5.69 Å². The van der Waals surface area contributed by atoms with Gasteiger partial charge in [0.25, 0.3) is 5.91 Å². The fourth-order valence-electron chi connectivity index (χ4n) is 4.00. The van der Waals surface area contributed by atoms with E-state index in [2.05, 4.69) is 42.8 Å². The Hall–Kier alpha value is -3.19. The first kappa shape index (κ1) is 24.5. The number of methoxy groups -OCH3 is 1. The van der Waals surface area contributed by atoms with Crippen molar-refractivity contribution in [2.24, 2.45) is 22.1 Å². The van der Waals surface area contributed by atoms with E-state index in [9.17, 15) is 9.90 Å². The molecule has 3 aromatic rings. The van der Waals surface area contributed by atoms with Gasteiger partial charge in [-0.1, -0.05) is 58.0 Å². The van der Waals surface area contributed by atoms with E-state index in [0.717, 1.165) is 35.3 Å². The maximum atomic E-state index is 12.4. The van der Waals surface area contributed by atoms with Gasteiger partial charge in [-0.25, -0.2) is 0 Å². The molecule has 1 heterocycles. The predicted octanol–water partition coefficient (Wildman–Crippen LogP) is 5.78. The molecule has 0 aliphatic carbocycles. The molecule has 0 saturated heterocycles. The third-order valence-electron chi connectivity index (χ3n) is 5.28. The average molecular weight is 451 g/mol. The van der Waals surface area contributed by atoms with E-state index in [1.807, 2.05) is 41.0 Å². The second kappa shape index (κ2) is 11.1. The molecule has 33 heavy (non-hydrogen) atoms. The molecule has 0 bridgehead atoms. The highest BCUT2D eigenvalue weighted by Gasteiger charge is 2.19. The molecule has 0 saturated carbocycles. The van der Waals surface area contributed by atoms with Crippen molar-refractivity contribution in [3.05, 3.63) is 54.1 Å². The van der Waals surface area contributed by atoms with Crippen LogP contribution in [0.1, 0.15) is 33.3 Å². The van der Waals surface area contributed by atoms with Gasteiger partial charge in [-0.2, -0.15) is 0 Å². The number of para-hydroxylation sites is 1. The lowest BCUT2D eigenvalue weighted by Gasteiger charge is -2.27. The average Bonchev–Trinajstić information content (AvgIpc) is 3.03. The molecule has 0 aliphatic rings. The summed E-state index contributed by atoms with van der Waals surface area (Å²) < 4.78 is 6.99. The molecule has 1 amide bonds. The van der Waals surface area contributed by atoms with Crippen LogP contribution in [0.2, 0.25) is 0 Å². The van der Waals surface area contributed by atoms with Crippen LogP contribution in [-0.2, 0) is 17.9 Å². The molecule has 0 aliphatic heterocycles. The number of rotatable bonds is 10. The van der Waals surface area contributed by atoms with E-state index in [0.29, 0.717) is 24.2 Å². The van der Waals surface area contributed by atoms with Gasteiger partial charge in [0.1, 0.15) is 5.75 Å². The molecule has 0 fully saturated rings.